The summed E-state index contributed by atoms with van der Waals surface area (Å²) in [5.74, 6) is -0.582. The fourth-order valence-electron chi connectivity index (χ4n) is 2.61. The van der Waals surface area contributed by atoms with Gasteiger partial charge in [0.1, 0.15) is 5.82 Å². The van der Waals surface area contributed by atoms with Gasteiger partial charge in [0, 0.05) is 6.54 Å². The molecule has 1 N–H and O–H groups in total. The molecule has 0 atom stereocenters. The lowest BCUT2D eigenvalue weighted by molar-refractivity contribution is 0.227. The van der Waals surface area contributed by atoms with Gasteiger partial charge in [0.25, 0.3) is 0 Å². The molecule has 1 aromatic rings. The minimum absolute atomic E-state index is 0.172. The number of likely N-dealkylation sites (tertiary alicyclic amines) is 1. The van der Waals surface area contributed by atoms with Gasteiger partial charge in [-0.15, -0.1) is 0 Å². The van der Waals surface area contributed by atoms with Crippen LogP contribution < -0.4 is 4.72 Å². The first-order valence-corrected chi connectivity index (χ1v) is 9.14. The Morgan fingerprint density at radius 1 is 1.19 bits per heavy atom. The molecule has 1 heterocycles. The SMILES string of the molecule is O=S(=O)(Cc1cccc(F)c1)NCCCN1CCCCC1. The number of nitrogens with zero attached hydrogens (tertiary/aromatic N) is 1. The Kier molecular flexibility index (Phi) is 6.14. The maximum atomic E-state index is 13.0. The van der Waals surface area contributed by atoms with Crippen molar-refractivity contribution in [3.63, 3.8) is 0 Å². The number of rotatable bonds is 7. The molecule has 0 unspecified atom stereocenters. The molecule has 21 heavy (non-hydrogen) atoms. The molecule has 1 saturated heterocycles. The summed E-state index contributed by atoms with van der Waals surface area (Å²) in [6.45, 7) is 3.61. The van der Waals surface area contributed by atoms with Crippen molar-refractivity contribution in [3.8, 4) is 0 Å². The second-order valence-corrected chi connectivity index (χ2v) is 7.35. The van der Waals surface area contributed by atoms with Gasteiger partial charge in [0.2, 0.25) is 10.0 Å². The van der Waals surface area contributed by atoms with Crippen molar-refractivity contribution in [2.45, 2.75) is 31.4 Å². The lowest BCUT2D eigenvalue weighted by atomic mass is 10.1. The van der Waals surface area contributed by atoms with Crippen molar-refractivity contribution in [3.05, 3.63) is 35.6 Å². The van der Waals surface area contributed by atoms with Gasteiger partial charge in [-0.25, -0.2) is 17.5 Å². The Morgan fingerprint density at radius 2 is 1.95 bits per heavy atom. The van der Waals surface area contributed by atoms with E-state index in [4.69, 9.17) is 0 Å². The predicted octanol–water partition coefficient (Wildman–Crippen LogP) is 2.12. The monoisotopic (exact) mass is 314 g/mol. The highest BCUT2D eigenvalue weighted by Gasteiger charge is 2.13. The first-order valence-electron chi connectivity index (χ1n) is 7.49. The quantitative estimate of drug-likeness (QED) is 0.784. The molecule has 0 amide bonds. The minimum atomic E-state index is -3.39. The highest BCUT2D eigenvalue weighted by Crippen LogP contribution is 2.09. The van der Waals surface area contributed by atoms with Crippen molar-refractivity contribution >= 4 is 10.0 Å². The molecule has 1 aliphatic rings. The Hall–Kier alpha value is -0.980. The molecule has 6 heteroatoms. The van der Waals surface area contributed by atoms with E-state index in [9.17, 15) is 12.8 Å². The summed E-state index contributed by atoms with van der Waals surface area (Å²) in [5.41, 5.74) is 0.471. The number of hydrogen-bond acceptors (Lipinski definition) is 3. The molecular formula is C15H23FN2O2S. The molecule has 0 aromatic heterocycles. The van der Waals surface area contributed by atoms with E-state index in [-0.39, 0.29) is 5.75 Å². The summed E-state index contributed by atoms with van der Waals surface area (Å²) in [7, 11) is -3.39. The van der Waals surface area contributed by atoms with Gasteiger partial charge < -0.3 is 4.90 Å². The molecule has 1 fully saturated rings. The topological polar surface area (TPSA) is 49.4 Å². The lowest BCUT2D eigenvalue weighted by Crippen LogP contribution is -2.33. The zero-order valence-corrected chi connectivity index (χ0v) is 13.0. The van der Waals surface area contributed by atoms with E-state index in [0.29, 0.717) is 12.1 Å². The maximum absolute atomic E-state index is 13.0. The molecule has 118 valence electrons. The Bertz CT molecular complexity index is 542. The number of halogens is 1. The highest BCUT2D eigenvalue weighted by molar-refractivity contribution is 7.88. The van der Waals surface area contributed by atoms with Gasteiger partial charge in [-0.3, -0.25) is 0 Å². The van der Waals surface area contributed by atoms with Crippen LogP contribution in [0.3, 0.4) is 0 Å². The normalized spacial score (nSPS) is 17.0. The summed E-state index contributed by atoms with van der Waals surface area (Å²) in [6, 6.07) is 5.71. The van der Waals surface area contributed by atoms with Crippen LogP contribution in [0, 0.1) is 5.82 Å². The lowest BCUT2D eigenvalue weighted by Gasteiger charge is -2.26. The van der Waals surface area contributed by atoms with Crippen molar-refractivity contribution in [1.29, 1.82) is 0 Å². The summed E-state index contributed by atoms with van der Waals surface area (Å²) < 4.78 is 39.5. The van der Waals surface area contributed by atoms with Crippen molar-refractivity contribution < 1.29 is 12.8 Å². The van der Waals surface area contributed by atoms with Crippen LogP contribution in [0.2, 0.25) is 0 Å². The van der Waals surface area contributed by atoms with E-state index in [1.165, 1.54) is 37.5 Å². The highest BCUT2D eigenvalue weighted by atomic mass is 32.2. The van der Waals surface area contributed by atoms with E-state index in [1.807, 2.05) is 0 Å². The third-order valence-electron chi connectivity index (χ3n) is 3.67. The second kappa shape index (κ2) is 7.87. The molecule has 0 spiro atoms. The van der Waals surface area contributed by atoms with E-state index < -0.39 is 15.8 Å². The maximum Gasteiger partial charge on any atom is 0.215 e. The van der Waals surface area contributed by atoms with E-state index in [0.717, 1.165) is 26.1 Å². The van der Waals surface area contributed by atoms with Crippen molar-refractivity contribution in [2.24, 2.45) is 0 Å². The van der Waals surface area contributed by atoms with E-state index in [1.54, 1.807) is 6.07 Å². The van der Waals surface area contributed by atoms with E-state index in [2.05, 4.69) is 9.62 Å². The Morgan fingerprint density at radius 3 is 2.67 bits per heavy atom. The standard InChI is InChI=1S/C15H23FN2O2S/c16-15-7-4-6-14(12-15)13-21(19,20)17-8-5-11-18-9-2-1-3-10-18/h4,6-7,12,17H,1-3,5,8-11,13H2. The van der Waals surface area contributed by atoms with Crippen molar-refractivity contribution in [2.75, 3.05) is 26.2 Å². The number of sulfonamides is 1. The van der Waals surface area contributed by atoms with Crippen LogP contribution in [-0.2, 0) is 15.8 Å². The molecule has 0 aliphatic carbocycles. The van der Waals surface area contributed by atoms with Gasteiger partial charge >= 0.3 is 0 Å². The van der Waals surface area contributed by atoms with Crippen LogP contribution in [0.5, 0.6) is 0 Å². The Balaban J connectivity index is 1.71. The van der Waals surface area contributed by atoms with Gasteiger partial charge in [-0.2, -0.15) is 0 Å². The summed E-state index contributed by atoms with van der Waals surface area (Å²) in [4.78, 5) is 2.38. The Labute approximate surface area is 126 Å². The van der Waals surface area contributed by atoms with Crippen LogP contribution in [0.4, 0.5) is 4.39 Å². The second-order valence-electron chi connectivity index (χ2n) is 5.54. The zero-order chi connectivity index (χ0) is 15.1. The third-order valence-corrected chi connectivity index (χ3v) is 5.02. The first-order chi connectivity index (χ1) is 10.1. The summed E-state index contributed by atoms with van der Waals surface area (Å²) in [6.07, 6.45) is 4.59. The van der Waals surface area contributed by atoms with Gasteiger partial charge in [0.15, 0.2) is 0 Å². The smallest absolute Gasteiger partial charge is 0.215 e. The number of piperidine rings is 1. The molecule has 0 radical (unpaired) electrons. The van der Waals surface area contributed by atoms with Crippen LogP contribution in [0.1, 0.15) is 31.2 Å². The molecular weight excluding hydrogens is 291 g/mol. The van der Waals surface area contributed by atoms with Gasteiger partial charge in [-0.1, -0.05) is 18.6 Å². The average Bonchev–Trinajstić information content (AvgIpc) is 2.44. The predicted molar refractivity (Wildman–Crippen MR) is 81.9 cm³/mol. The summed E-state index contributed by atoms with van der Waals surface area (Å²) in [5, 5.41) is 0. The van der Waals surface area contributed by atoms with Crippen LogP contribution in [0.15, 0.2) is 24.3 Å². The number of hydrogen-bond donors (Lipinski definition) is 1. The fourth-order valence-corrected chi connectivity index (χ4v) is 3.79. The van der Waals surface area contributed by atoms with Gasteiger partial charge in [0.05, 0.1) is 5.75 Å². The minimum Gasteiger partial charge on any atom is -0.303 e. The molecule has 0 saturated carbocycles. The number of benzene rings is 1. The first kappa shape index (κ1) is 16.4. The van der Waals surface area contributed by atoms with E-state index >= 15 is 0 Å². The average molecular weight is 314 g/mol. The summed E-state index contributed by atoms with van der Waals surface area (Å²) >= 11 is 0. The molecule has 4 nitrogen and oxygen atoms in total. The fraction of sp³-hybridized carbons (Fsp3) is 0.600. The van der Waals surface area contributed by atoms with Crippen LogP contribution in [0.25, 0.3) is 0 Å². The van der Waals surface area contributed by atoms with Gasteiger partial charge in [-0.05, 0) is 56.6 Å². The van der Waals surface area contributed by atoms with Crippen LogP contribution >= 0.6 is 0 Å². The zero-order valence-electron chi connectivity index (χ0n) is 12.2. The van der Waals surface area contributed by atoms with Crippen molar-refractivity contribution in [1.82, 2.24) is 9.62 Å². The molecule has 1 aromatic carbocycles. The van der Waals surface area contributed by atoms with Crippen LogP contribution in [-0.4, -0.2) is 39.5 Å². The third kappa shape index (κ3) is 6.11. The molecule has 2 rings (SSSR count). The number of nitrogens with one attached hydrogen (secondary N) is 1. The molecule has 0 bridgehead atoms. The molecule has 1 aliphatic heterocycles. The largest absolute Gasteiger partial charge is 0.303 e.